The second kappa shape index (κ2) is 10.1. The molecule has 0 heterocycles. The molecule has 0 fully saturated rings. The third-order valence-corrected chi connectivity index (χ3v) is 2.41. The van der Waals surface area contributed by atoms with E-state index < -0.39 is 5.82 Å². The zero-order chi connectivity index (χ0) is 15.5. The molecule has 0 aliphatic heterocycles. The molecule has 108 valence electrons. The monoisotopic (exact) mass is 297 g/mol. The van der Waals surface area contributed by atoms with Gasteiger partial charge in [-0.3, -0.25) is 9.79 Å². The molecule has 0 N–H and O–H groups in total. The number of aldehydes is 1. The lowest BCUT2D eigenvalue weighted by molar-refractivity contribution is -0.104. The van der Waals surface area contributed by atoms with Crippen LogP contribution < -0.4 is 0 Å². The van der Waals surface area contributed by atoms with Crippen LogP contribution in [0.2, 0.25) is 5.02 Å². The van der Waals surface area contributed by atoms with Crippen molar-refractivity contribution < 1.29 is 13.9 Å². The van der Waals surface area contributed by atoms with E-state index in [1.165, 1.54) is 12.3 Å². The molecule has 3 nitrogen and oxygen atoms in total. The normalized spacial score (nSPS) is 10.9. The average molecular weight is 298 g/mol. The van der Waals surface area contributed by atoms with Gasteiger partial charge in [-0.1, -0.05) is 36.4 Å². The molecule has 0 atom stereocenters. The van der Waals surface area contributed by atoms with Crippen molar-refractivity contribution in [3.8, 4) is 0 Å². The van der Waals surface area contributed by atoms with Crippen LogP contribution in [-0.4, -0.2) is 26.7 Å². The van der Waals surface area contributed by atoms with Crippen LogP contribution in [0.15, 0.2) is 41.4 Å². The molecule has 20 heavy (non-hydrogen) atoms. The zero-order valence-corrected chi connectivity index (χ0v) is 12.4. The fraction of sp³-hybridized carbons (Fsp3) is 0.200. The third-order valence-electron chi connectivity index (χ3n) is 2.02. The van der Waals surface area contributed by atoms with Crippen molar-refractivity contribution in [3.05, 3.63) is 52.8 Å². The zero-order valence-electron chi connectivity index (χ0n) is 11.7. The van der Waals surface area contributed by atoms with Gasteiger partial charge in [0, 0.05) is 31.6 Å². The van der Waals surface area contributed by atoms with Crippen molar-refractivity contribution in [2.75, 3.05) is 14.2 Å². The van der Waals surface area contributed by atoms with E-state index in [-0.39, 0.29) is 10.6 Å². The van der Waals surface area contributed by atoms with Crippen LogP contribution in [-0.2, 0) is 9.53 Å². The van der Waals surface area contributed by atoms with Gasteiger partial charge >= 0.3 is 0 Å². The van der Waals surface area contributed by atoms with Crippen molar-refractivity contribution in [1.29, 1.82) is 0 Å². The topological polar surface area (TPSA) is 38.7 Å². The van der Waals surface area contributed by atoms with Crippen LogP contribution in [0.4, 0.5) is 4.39 Å². The summed E-state index contributed by atoms with van der Waals surface area (Å²) in [4.78, 5) is 14.4. The van der Waals surface area contributed by atoms with Gasteiger partial charge in [-0.05, 0) is 13.0 Å². The molecule has 0 amide bonds. The van der Waals surface area contributed by atoms with Crippen LogP contribution in [0.1, 0.15) is 12.5 Å². The number of carbonyl (C=O) groups excluding carboxylic acids is 1. The van der Waals surface area contributed by atoms with Gasteiger partial charge in [0.15, 0.2) is 6.29 Å². The van der Waals surface area contributed by atoms with E-state index >= 15 is 0 Å². The summed E-state index contributed by atoms with van der Waals surface area (Å²) in [7, 11) is 3.25. The van der Waals surface area contributed by atoms with E-state index in [9.17, 15) is 9.18 Å². The summed E-state index contributed by atoms with van der Waals surface area (Å²) in [6, 6.07) is 4.47. The highest BCUT2D eigenvalue weighted by Gasteiger charge is 2.08. The van der Waals surface area contributed by atoms with Gasteiger partial charge in [0.1, 0.15) is 5.82 Å². The highest BCUT2D eigenvalue weighted by atomic mass is 35.5. The lowest BCUT2D eigenvalue weighted by Crippen LogP contribution is -1.89. The van der Waals surface area contributed by atoms with Crippen LogP contribution in [0, 0.1) is 5.82 Å². The van der Waals surface area contributed by atoms with E-state index in [2.05, 4.69) is 16.3 Å². The summed E-state index contributed by atoms with van der Waals surface area (Å²) in [5.41, 5.74) is 1.19. The summed E-state index contributed by atoms with van der Waals surface area (Å²) in [5.74, 6) is -0.507. The SMILES string of the molecule is C=C(C=O)C=N/C(=C\C)c1cccc(F)c1Cl.COC. The molecule has 0 aliphatic carbocycles. The average Bonchev–Trinajstić information content (AvgIpc) is 2.44. The minimum atomic E-state index is -0.507. The van der Waals surface area contributed by atoms with Crippen LogP contribution in [0.25, 0.3) is 5.70 Å². The predicted octanol–water partition coefficient (Wildman–Crippen LogP) is 3.93. The Hall–Kier alpha value is -1.78. The maximum Gasteiger partial charge on any atom is 0.150 e. The molecule has 0 radical (unpaired) electrons. The number of nitrogens with zero attached hydrogens (tertiary/aromatic N) is 1. The Morgan fingerprint density at radius 3 is 2.55 bits per heavy atom. The number of halogens is 2. The lowest BCUT2D eigenvalue weighted by atomic mass is 10.1. The molecular weight excluding hydrogens is 281 g/mol. The maximum absolute atomic E-state index is 13.3. The Kier molecular flexibility index (Phi) is 9.17. The number of allylic oxidation sites excluding steroid dienone is 2. The minimum Gasteiger partial charge on any atom is -0.388 e. The van der Waals surface area contributed by atoms with Gasteiger partial charge in [-0.2, -0.15) is 0 Å². The van der Waals surface area contributed by atoms with E-state index in [4.69, 9.17) is 11.6 Å². The Labute approximate surface area is 123 Å². The highest BCUT2D eigenvalue weighted by molar-refractivity contribution is 6.32. The van der Waals surface area contributed by atoms with Gasteiger partial charge in [-0.25, -0.2) is 4.39 Å². The van der Waals surface area contributed by atoms with Crippen molar-refractivity contribution in [2.45, 2.75) is 6.92 Å². The van der Waals surface area contributed by atoms with Gasteiger partial charge in [-0.15, -0.1) is 0 Å². The van der Waals surface area contributed by atoms with E-state index in [0.717, 1.165) is 0 Å². The lowest BCUT2D eigenvalue weighted by Gasteiger charge is -2.04. The molecule has 1 rings (SSSR count). The van der Waals surface area contributed by atoms with Crippen molar-refractivity contribution in [1.82, 2.24) is 0 Å². The predicted molar refractivity (Wildman–Crippen MR) is 81.7 cm³/mol. The summed E-state index contributed by atoms with van der Waals surface area (Å²) in [6.45, 7) is 5.21. The Morgan fingerprint density at radius 1 is 1.45 bits per heavy atom. The molecule has 0 aliphatic rings. The molecular formula is C15H17ClFNO2. The first-order chi connectivity index (χ1) is 9.51. The molecule has 0 aromatic heterocycles. The minimum absolute atomic E-state index is 0.00876. The summed E-state index contributed by atoms with van der Waals surface area (Å²) in [6.07, 6.45) is 3.57. The maximum atomic E-state index is 13.3. The van der Waals surface area contributed by atoms with Gasteiger partial charge < -0.3 is 4.74 Å². The second-order valence-electron chi connectivity index (χ2n) is 3.63. The smallest absolute Gasteiger partial charge is 0.150 e. The Balaban J connectivity index is 0.00000110. The number of benzene rings is 1. The molecule has 0 saturated heterocycles. The molecule has 0 saturated carbocycles. The van der Waals surface area contributed by atoms with Crippen molar-refractivity contribution >= 4 is 29.8 Å². The number of ether oxygens (including phenoxy) is 1. The highest BCUT2D eigenvalue weighted by Crippen LogP contribution is 2.27. The number of hydrogen-bond acceptors (Lipinski definition) is 3. The summed E-state index contributed by atoms with van der Waals surface area (Å²) in [5, 5.41) is 0.00876. The molecule has 5 heteroatoms. The van der Waals surface area contributed by atoms with E-state index in [1.807, 2.05) is 0 Å². The number of hydrogen-bond donors (Lipinski definition) is 0. The molecule has 1 aromatic rings. The van der Waals surface area contributed by atoms with Gasteiger partial charge in [0.2, 0.25) is 0 Å². The fourth-order valence-corrected chi connectivity index (χ4v) is 1.41. The fourth-order valence-electron chi connectivity index (χ4n) is 1.18. The second-order valence-corrected chi connectivity index (χ2v) is 4.01. The molecule has 0 spiro atoms. The number of carbonyl (C=O) groups is 1. The van der Waals surface area contributed by atoms with E-state index in [1.54, 1.807) is 39.4 Å². The van der Waals surface area contributed by atoms with Gasteiger partial charge in [0.25, 0.3) is 0 Å². The molecule has 0 unspecified atom stereocenters. The number of rotatable bonds is 4. The number of methoxy groups -OCH3 is 1. The Bertz CT molecular complexity index is 525. The van der Waals surface area contributed by atoms with Crippen molar-refractivity contribution in [3.63, 3.8) is 0 Å². The first-order valence-corrected chi connectivity index (χ1v) is 6.08. The Morgan fingerprint density at radius 2 is 2.05 bits per heavy atom. The van der Waals surface area contributed by atoms with Gasteiger partial charge in [0.05, 0.1) is 10.7 Å². The largest absolute Gasteiger partial charge is 0.388 e. The standard InChI is InChI=1S/C13H11ClFNO.C2H6O/c1-3-12(16-7-9(2)8-17)10-5-4-6-11(15)13(10)14;1-3-2/h3-8H,2H2,1H3;1-2H3/b12-3-,16-7?;. The van der Waals surface area contributed by atoms with Crippen LogP contribution in [0.3, 0.4) is 0 Å². The molecule has 0 bridgehead atoms. The third kappa shape index (κ3) is 5.91. The van der Waals surface area contributed by atoms with Crippen molar-refractivity contribution in [2.24, 2.45) is 4.99 Å². The number of aliphatic imine (C=N–C) groups is 1. The van der Waals surface area contributed by atoms with E-state index in [0.29, 0.717) is 17.5 Å². The molecule has 1 aromatic carbocycles. The summed E-state index contributed by atoms with van der Waals surface area (Å²) >= 11 is 5.83. The quantitative estimate of drug-likeness (QED) is 0.480. The first-order valence-electron chi connectivity index (χ1n) is 5.70. The van der Waals surface area contributed by atoms with Crippen LogP contribution in [0.5, 0.6) is 0 Å². The first kappa shape index (κ1) is 18.2. The van der Waals surface area contributed by atoms with Crippen LogP contribution >= 0.6 is 11.6 Å². The summed E-state index contributed by atoms with van der Waals surface area (Å²) < 4.78 is 17.5.